The van der Waals surface area contributed by atoms with Crippen molar-refractivity contribution in [2.45, 2.75) is 26.8 Å². The van der Waals surface area contributed by atoms with Crippen molar-refractivity contribution in [3.63, 3.8) is 0 Å². The summed E-state index contributed by atoms with van der Waals surface area (Å²) in [6.45, 7) is 4.67. The van der Waals surface area contributed by atoms with Crippen LogP contribution in [-0.4, -0.2) is 49.6 Å². The normalized spacial score (nSPS) is 10.9. The SMILES string of the molecule is Cc1n[nH]c(C)c1CCN(C)C(=O)c1cn(Cc2ccccc2F)nn1. The topological polar surface area (TPSA) is 79.7 Å². The van der Waals surface area contributed by atoms with E-state index >= 15 is 0 Å². The van der Waals surface area contributed by atoms with E-state index in [2.05, 4.69) is 20.5 Å². The quantitative estimate of drug-likeness (QED) is 0.734. The maximum atomic E-state index is 13.7. The van der Waals surface area contributed by atoms with Gasteiger partial charge in [-0.15, -0.1) is 5.10 Å². The molecule has 0 spiro atoms. The van der Waals surface area contributed by atoms with Gasteiger partial charge in [0.1, 0.15) is 5.82 Å². The van der Waals surface area contributed by atoms with Crippen molar-refractivity contribution in [1.82, 2.24) is 30.1 Å². The van der Waals surface area contributed by atoms with Crippen molar-refractivity contribution in [2.75, 3.05) is 13.6 Å². The van der Waals surface area contributed by atoms with Crippen LogP contribution in [0.3, 0.4) is 0 Å². The van der Waals surface area contributed by atoms with Gasteiger partial charge in [0, 0.05) is 24.8 Å². The lowest BCUT2D eigenvalue weighted by Gasteiger charge is -2.15. The molecule has 0 radical (unpaired) electrons. The molecule has 0 aliphatic rings. The second-order valence-electron chi connectivity index (χ2n) is 6.28. The molecule has 1 N–H and O–H groups in total. The Hall–Kier alpha value is -3.03. The van der Waals surface area contributed by atoms with Gasteiger partial charge >= 0.3 is 0 Å². The monoisotopic (exact) mass is 356 g/mol. The number of carbonyl (C=O) groups excluding carboxylic acids is 1. The van der Waals surface area contributed by atoms with Gasteiger partial charge in [-0.05, 0) is 31.9 Å². The molecule has 0 saturated heterocycles. The number of H-pyrrole nitrogens is 1. The third-order valence-corrected chi connectivity index (χ3v) is 4.37. The minimum Gasteiger partial charge on any atom is -0.340 e. The summed E-state index contributed by atoms with van der Waals surface area (Å²) in [5.41, 5.74) is 3.81. The van der Waals surface area contributed by atoms with Gasteiger partial charge in [-0.3, -0.25) is 9.89 Å². The van der Waals surface area contributed by atoms with Crippen molar-refractivity contribution in [1.29, 1.82) is 0 Å². The molecule has 2 aromatic heterocycles. The summed E-state index contributed by atoms with van der Waals surface area (Å²) >= 11 is 0. The molecule has 3 rings (SSSR count). The lowest BCUT2D eigenvalue weighted by atomic mass is 10.1. The Labute approximate surface area is 150 Å². The largest absolute Gasteiger partial charge is 0.340 e. The second-order valence-corrected chi connectivity index (χ2v) is 6.28. The van der Waals surface area contributed by atoms with Crippen LogP contribution in [0, 0.1) is 19.7 Å². The fraction of sp³-hybridized carbons (Fsp3) is 0.333. The van der Waals surface area contributed by atoms with Crippen LogP contribution < -0.4 is 0 Å². The van der Waals surface area contributed by atoms with Crippen LogP contribution in [0.1, 0.15) is 33.0 Å². The fourth-order valence-electron chi connectivity index (χ4n) is 2.79. The van der Waals surface area contributed by atoms with Crippen LogP contribution in [0.25, 0.3) is 0 Å². The number of halogens is 1. The average Bonchev–Trinajstić information content (AvgIpc) is 3.21. The predicted octanol–water partition coefficient (Wildman–Crippen LogP) is 2.12. The van der Waals surface area contributed by atoms with E-state index in [-0.39, 0.29) is 24.0 Å². The second kappa shape index (κ2) is 7.47. The van der Waals surface area contributed by atoms with Crippen molar-refractivity contribution < 1.29 is 9.18 Å². The van der Waals surface area contributed by atoms with Crippen LogP contribution in [0.2, 0.25) is 0 Å². The minimum atomic E-state index is -0.307. The number of amides is 1. The van der Waals surface area contributed by atoms with Crippen LogP contribution >= 0.6 is 0 Å². The van der Waals surface area contributed by atoms with Crippen LogP contribution in [0.15, 0.2) is 30.5 Å². The Morgan fingerprint density at radius 2 is 2.08 bits per heavy atom. The molecule has 0 bridgehead atoms. The van der Waals surface area contributed by atoms with Crippen molar-refractivity contribution in [3.8, 4) is 0 Å². The highest BCUT2D eigenvalue weighted by Gasteiger charge is 2.17. The first-order valence-corrected chi connectivity index (χ1v) is 8.35. The van der Waals surface area contributed by atoms with E-state index in [4.69, 9.17) is 0 Å². The number of benzene rings is 1. The molecule has 0 unspecified atom stereocenters. The van der Waals surface area contributed by atoms with Crippen LogP contribution in [0.5, 0.6) is 0 Å². The molecule has 0 atom stereocenters. The summed E-state index contributed by atoms with van der Waals surface area (Å²) in [6, 6.07) is 6.47. The molecule has 1 amide bonds. The standard InChI is InChI=1S/C18H21FN6O/c1-12-15(13(2)21-20-12)8-9-24(3)18(26)17-11-25(23-22-17)10-14-6-4-5-7-16(14)19/h4-7,11H,8-10H2,1-3H3,(H,20,21). The molecule has 0 aliphatic heterocycles. The number of aromatic nitrogens is 5. The number of hydrogen-bond acceptors (Lipinski definition) is 4. The van der Waals surface area contributed by atoms with Crippen molar-refractivity contribution >= 4 is 5.91 Å². The molecule has 26 heavy (non-hydrogen) atoms. The first-order chi connectivity index (χ1) is 12.5. The maximum absolute atomic E-state index is 13.7. The number of hydrogen-bond donors (Lipinski definition) is 1. The van der Waals surface area contributed by atoms with E-state index in [0.29, 0.717) is 18.5 Å². The first-order valence-electron chi connectivity index (χ1n) is 8.35. The number of nitrogens with one attached hydrogen (secondary N) is 1. The van der Waals surface area contributed by atoms with Gasteiger partial charge < -0.3 is 4.90 Å². The molecule has 7 nitrogen and oxygen atoms in total. The summed E-state index contributed by atoms with van der Waals surface area (Å²) in [4.78, 5) is 14.1. The zero-order valence-corrected chi connectivity index (χ0v) is 15.0. The highest BCUT2D eigenvalue weighted by atomic mass is 19.1. The van der Waals surface area contributed by atoms with Gasteiger partial charge in [0.25, 0.3) is 5.91 Å². The molecule has 8 heteroatoms. The van der Waals surface area contributed by atoms with Gasteiger partial charge in [-0.1, -0.05) is 23.4 Å². The van der Waals surface area contributed by atoms with E-state index < -0.39 is 0 Å². The lowest BCUT2D eigenvalue weighted by Crippen LogP contribution is -2.29. The smallest absolute Gasteiger partial charge is 0.275 e. The van der Waals surface area contributed by atoms with Crippen molar-refractivity contribution in [2.24, 2.45) is 0 Å². The Balaban J connectivity index is 1.63. The van der Waals surface area contributed by atoms with Crippen LogP contribution in [0.4, 0.5) is 4.39 Å². The molecule has 0 saturated carbocycles. The summed E-state index contributed by atoms with van der Waals surface area (Å²) in [7, 11) is 1.73. The van der Waals surface area contributed by atoms with E-state index in [0.717, 1.165) is 17.0 Å². The third kappa shape index (κ3) is 3.79. The number of aromatic amines is 1. The van der Waals surface area contributed by atoms with E-state index in [9.17, 15) is 9.18 Å². The highest BCUT2D eigenvalue weighted by molar-refractivity contribution is 5.91. The summed E-state index contributed by atoms with van der Waals surface area (Å²) in [5, 5.41) is 15.0. The molecule has 0 fully saturated rings. The molecule has 0 aliphatic carbocycles. The number of nitrogens with zero attached hydrogens (tertiary/aromatic N) is 5. The summed E-state index contributed by atoms with van der Waals surface area (Å²) in [5.74, 6) is -0.526. The zero-order valence-electron chi connectivity index (χ0n) is 15.0. The molecule has 1 aromatic carbocycles. The van der Waals surface area contributed by atoms with E-state index in [1.165, 1.54) is 10.7 Å². The predicted molar refractivity (Wildman–Crippen MR) is 94.3 cm³/mol. The zero-order chi connectivity index (χ0) is 18.7. The fourth-order valence-corrected chi connectivity index (χ4v) is 2.79. The molecular formula is C18H21FN6O. The Morgan fingerprint density at radius 1 is 1.31 bits per heavy atom. The first kappa shape index (κ1) is 17.8. The Bertz CT molecular complexity index is 897. The van der Waals surface area contributed by atoms with Gasteiger partial charge in [0.15, 0.2) is 5.69 Å². The molecule has 2 heterocycles. The highest BCUT2D eigenvalue weighted by Crippen LogP contribution is 2.12. The van der Waals surface area contributed by atoms with Crippen LogP contribution in [-0.2, 0) is 13.0 Å². The Morgan fingerprint density at radius 3 is 2.77 bits per heavy atom. The third-order valence-electron chi connectivity index (χ3n) is 4.37. The molecular weight excluding hydrogens is 335 g/mol. The average molecular weight is 356 g/mol. The van der Waals surface area contributed by atoms with Gasteiger partial charge in [0.05, 0.1) is 18.4 Å². The summed E-state index contributed by atoms with van der Waals surface area (Å²) in [6.07, 6.45) is 2.25. The lowest BCUT2D eigenvalue weighted by molar-refractivity contribution is 0.0790. The van der Waals surface area contributed by atoms with Gasteiger partial charge in [-0.2, -0.15) is 5.10 Å². The molecule has 3 aromatic rings. The number of likely N-dealkylation sites (N-methyl/N-ethyl adjacent to an activating group) is 1. The van der Waals surface area contributed by atoms with E-state index in [1.807, 2.05) is 13.8 Å². The van der Waals surface area contributed by atoms with Gasteiger partial charge in [0.2, 0.25) is 0 Å². The summed E-state index contributed by atoms with van der Waals surface area (Å²) < 4.78 is 15.2. The van der Waals surface area contributed by atoms with Gasteiger partial charge in [-0.25, -0.2) is 9.07 Å². The number of rotatable bonds is 6. The number of carbonyl (C=O) groups is 1. The number of aryl methyl sites for hydroxylation is 2. The molecule has 136 valence electrons. The van der Waals surface area contributed by atoms with Crippen molar-refractivity contribution in [3.05, 3.63) is 64.5 Å². The van der Waals surface area contributed by atoms with E-state index in [1.54, 1.807) is 36.3 Å². The maximum Gasteiger partial charge on any atom is 0.275 e. The minimum absolute atomic E-state index is 0.219. The Kier molecular flexibility index (Phi) is 5.11.